The second-order valence-corrected chi connectivity index (χ2v) is 9.28. The first-order valence-electron chi connectivity index (χ1n) is 11.4. The second-order valence-electron chi connectivity index (χ2n) is 8.56. The van der Waals surface area contributed by atoms with Gasteiger partial charge in [-0.3, -0.25) is 0 Å². The van der Waals surface area contributed by atoms with Crippen LogP contribution in [0.1, 0.15) is 33.5 Å². The topological polar surface area (TPSA) is 102 Å². The summed E-state index contributed by atoms with van der Waals surface area (Å²) in [5.41, 5.74) is 15.1. The Hall–Kier alpha value is -4.04. The van der Waals surface area contributed by atoms with Crippen LogP contribution in [0.4, 0.5) is 17.5 Å². The molecule has 0 saturated heterocycles. The van der Waals surface area contributed by atoms with Crippen LogP contribution < -0.4 is 16.4 Å². The van der Waals surface area contributed by atoms with Gasteiger partial charge in [-0.15, -0.1) is 11.3 Å². The van der Waals surface area contributed by atoms with Gasteiger partial charge in [-0.05, 0) is 59.2 Å². The van der Waals surface area contributed by atoms with Crippen molar-refractivity contribution in [3.8, 4) is 0 Å². The predicted octanol–water partition coefficient (Wildman–Crippen LogP) is 5.50. The van der Waals surface area contributed by atoms with Crippen molar-refractivity contribution in [3.63, 3.8) is 0 Å². The molecule has 0 fully saturated rings. The van der Waals surface area contributed by atoms with Gasteiger partial charge in [-0.1, -0.05) is 24.3 Å². The molecule has 0 aliphatic heterocycles. The minimum atomic E-state index is 0.564. The monoisotopic (exact) mass is 481 g/mol. The van der Waals surface area contributed by atoms with Gasteiger partial charge < -0.3 is 16.4 Å². The van der Waals surface area contributed by atoms with Crippen LogP contribution in [0.3, 0.4) is 0 Å². The van der Waals surface area contributed by atoms with Crippen LogP contribution in [0, 0.1) is 13.8 Å². The fourth-order valence-corrected chi connectivity index (χ4v) is 4.79. The molecule has 176 valence electrons. The molecule has 35 heavy (non-hydrogen) atoms. The SMILES string of the molecule is Cc1cc2c(N)nccc2c(C)c1CNc1cc(NCc2ccc(Cc3cscn3)cc2)ncn1. The third-order valence-electron chi connectivity index (χ3n) is 6.19. The zero-order valence-electron chi connectivity index (χ0n) is 19.7. The van der Waals surface area contributed by atoms with E-state index in [1.165, 1.54) is 27.8 Å². The summed E-state index contributed by atoms with van der Waals surface area (Å²) in [6.07, 6.45) is 4.20. The van der Waals surface area contributed by atoms with Gasteiger partial charge in [0.1, 0.15) is 23.8 Å². The van der Waals surface area contributed by atoms with Gasteiger partial charge in [0.15, 0.2) is 0 Å². The van der Waals surface area contributed by atoms with Crippen LogP contribution in [-0.4, -0.2) is 19.9 Å². The maximum atomic E-state index is 6.08. The number of nitrogen functional groups attached to an aromatic ring is 1. The number of thiazole rings is 1. The maximum Gasteiger partial charge on any atom is 0.131 e. The Morgan fingerprint density at radius 3 is 2.31 bits per heavy atom. The van der Waals surface area contributed by atoms with Crippen molar-refractivity contribution in [3.05, 3.63) is 99.4 Å². The standard InChI is InChI=1S/C27H27N7S/c1-17-9-23-22(7-8-29-27(23)28)18(2)24(17)13-31-26-11-25(32-15-33-26)30-12-20-5-3-19(4-6-20)10-21-14-35-16-34-21/h3-9,11,14-16H,10,12-13H2,1-2H3,(H2,28,29)(H2,30,31,32,33). The van der Waals surface area contributed by atoms with Gasteiger partial charge in [0.2, 0.25) is 0 Å². The molecule has 8 heteroatoms. The number of fused-ring (bicyclic) bond motifs is 1. The van der Waals surface area contributed by atoms with Crippen molar-refractivity contribution in [2.24, 2.45) is 0 Å². The molecule has 0 spiro atoms. The number of aryl methyl sites for hydroxylation is 2. The van der Waals surface area contributed by atoms with Crippen LogP contribution in [0.25, 0.3) is 10.8 Å². The number of nitrogens with one attached hydrogen (secondary N) is 2. The van der Waals surface area contributed by atoms with Gasteiger partial charge in [-0.25, -0.2) is 19.9 Å². The number of hydrogen-bond acceptors (Lipinski definition) is 8. The zero-order valence-corrected chi connectivity index (χ0v) is 20.6. The number of nitrogens with zero attached hydrogens (tertiary/aromatic N) is 4. The molecule has 5 aromatic rings. The van der Waals surface area contributed by atoms with E-state index in [4.69, 9.17) is 5.73 Å². The Morgan fingerprint density at radius 2 is 1.57 bits per heavy atom. The Bertz CT molecular complexity index is 1450. The zero-order chi connectivity index (χ0) is 24.2. The molecule has 0 aliphatic rings. The van der Waals surface area contributed by atoms with Gasteiger partial charge >= 0.3 is 0 Å². The average Bonchev–Trinajstić information content (AvgIpc) is 3.38. The lowest BCUT2D eigenvalue weighted by Crippen LogP contribution is -2.08. The minimum absolute atomic E-state index is 0.564. The molecule has 3 heterocycles. The average molecular weight is 482 g/mol. The van der Waals surface area contributed by atoms with Crippen molar-refractivity contribution < 1.29 is 0 Å². The quantitative estimate of drug-likeness (QED) is 0.269. The number of anilines is 3. The van der Waals surface area contributed by atoms with E-state index in [1.54, 1.807) is 23.9 Å². The first-order chi connectivity index (χ1) is 17.1. The molecule has 7 nitrogen and oxygen atoms in total. The number of aromatic nitrogens is 4. The van der Waals surface area contributed by atoms with Crippen molar-refractivity contribution in [2.75, 3.05) is 16.4 Å². The Balaban J connectivity index is 1.22. The molecule has 3 aromatic heterocycles. The van der Waals surface area contributed by atoms with Gasteiger partial charge in [0.05, 0.1) is 11.2 Å². The molecule has 0 amide bonds. The summed E-state index contributed by atoms with van der Waals surface area (Å²) in [7, 11) is 0. The normalized spacial score (nSPS) is 11.0. The van der Waals surface area contributed by atoms with Crippen molar-refractivity contribution in [1.29, 1.82) is 0 Å². The van der Waals surface area contributed by atoms with Gasteiger partial charge in [0, 0.05) is 42.5 Å². The van der Waals surface area contributed by atoms with Crippen molar-refractivity contribution >= 4 is 39.6 Å². The first-order valence-corrected chi connectivity index (χ1v) is 12.4. The maximum absolute atomic E-state index is 6.08. The molecule has 0 aliphatic carbocycles. The van der Waals surface area contributed by atoms with E-state index in [0.29, 0.717) is 18.9 Å². The van der Waals surface area contributed by atoms with Crippen LogP contribution in [-0.2, 0) is 19.5 Å². The van der Waals surface area contributed by atoms with Crippen molar-refractivity contribution in [1.82, 2.24) is 19.9 Å². The molecule has 0 radical (unpaired) electrons. The highest BCUT2D eigenvalue weighted by atomic mass is 32.1. The van der Waals surface area contributed by atoms with E-state index in [9.17, 15) is 0 Å². The van der Waals surface area contributed by atoms with Crippen LogP contribution >= 0.6 is 11.3 Å². The smallest absolute Gasteiger partial charge is 0.131 e. The van der Waals surface area contributed by atoms with Crippen LogP contribution in [0.2, 0.25) is 0 Å². The lowest BCUT2D eigenvalue weighted by molar-refractivity contribution is 1.04. The summed E-state index contributed by atoms with van der Waals surface area (Å²) >= 11 is 1.63. The highest BCUT2D eigenvalue weighted by Crippen LogP contribution is 2.28. The summed E-state index contributed by atoms with van der Waals surface area (Å²) in [6.45, 7) is 5.57. The van der Waals surface area contributed by atoms with Crippen LogP contribution in [0.5, 0.6) is 0 Å². The molecular weight excluding hydrogens is 454 g/mol. The molecule has 2 aromatic carbocycles. The summed E-state index contributed by atoms with van der Waals surface area (Å²) in [6, 6.07) is 14.6. The highest BCUT2D eigenvalue weighted by molar-refractivity contribution is 7.07. The molecular formula is C27H27N7S. The number of pyridine rings is 1. The minimum Gasteiger partial charge on any atom is -0.383 e. The van der Waals surface area contributed by atoms with E-state index in [1.807, 2.05) is 17.6 Å². The Morgan fingerprint density at radius 1 is 0.829 bits per heavy atom. The van der Waals surface area contributed by atoms with Gasteiger partial charge in [0.25, 0.3) is 0 Å². The molecule has 0 atom stereocenters. The second kappa shape index (κ2) is 10.1. The van der Waals surface area contributed by atoms with Crippen molar-refractivity contribution in [2.45, 2.75) is 33.4 Å². The highest BCUT2D eigenvalue weighted by Gasteiger charge is 2.10. The fraction of sp³-hybridized carbons (Fsp3) is 0.185. The largest absolute Gasteiger partial charge is 0.383 e. The van der Waals surface area contributed by atoms with E-state index in [2.05, 4.69) is 80.1 Å². The van der Waals surface area contributed by atoms with E-state index in [0.717, 1.165) is 34.5 Å². The Labute approximate surface area is 208 Å². The third-order valence-corrected chi connectivity index (χ3v) is 6.83. The van der Waals surface area contributed by atoms with E-state index >= 15 is 0 Å². The van der Waals surface area contributed by atoms with E-state index in [-0.39, 0.29) is 0 Å². The lowest BCUT2D eigenvalue weighted by Gasteiger charge is -2.15. The molecule has 0 bridgehead atoms. The molecule has 0 unspecified atom stereocenters. The predicted molar refractivity (Wildman–Crippen MR) is 144 cm³/mol. The third kappa shape index (κ3) is 5.22. The summed E-state index contributed by atoms with van der Waals surface area (Å²) in [4.78, 5) is 17.3. The summed E-state index contributed by atoms with van der Waals surface area (Å²) in [5.74, 6) is 2.11. The Kier molecular flexibility index (Phi) is 6.54. The number of benzene rings is 2. The number of hydrogen-bond donors (Lipinski definition) is 3. The van der Waals surface area contributed by atoms with E-state index < -0.39 is 0 Å². The molecule has 5 rings (SSSR count). The number of nitrogens with two attached hydrogens (primary N) is 1. The van der Waals surface area contributed by atoms with Crippen LogP contribution in [0.15, 0.2) is 65.9 Å². The lowest BCUT2D eigenvalue weighted by atomic mass is 9.96. The summed E-state index contributed by atoms with van der Waals surface area (Å²) in [5, 5.41) is 11.1. The molecule has 4 N–H and O–H groups in total. The molecule has 0 saturated carbocycles. The first kappa shape index (κ1) is 22.7. The number of rotatable bonds is 8. The fourth-order valence-electron chi connectivity index (χ4n) is 4.23. The van der Waals surface area contributed by atoms with Gasteiger partial charge in [-0.2, -0.15) is 0 Å². The summed E-state index contributed by atoms with van der Waals surface area (Å²) < 4.78 is 0.